The van der Waals surface area contributed by atoms with Crippen molar-refractivity contribution in [3.05, 3.63) is 0 Å². The zero-order valence-electron chi connectivity index (χ0n) is 13.9. The summed E-state index contributed by atoms with van der Waals surface area (Å²) in [6, 6.07) is -1.77. The quantitative estimate of drug-likeness (QED) is 0.110. The van der Waals surface area contributed by atoms with Gasteiger partial charge in [-0.15, -0.1) is 0 Å². The number of aliphatic carboxylic acids is 1. The largest absolute Gasteiger partial charge is 0.480 e. The average molecular weight is 359 g/mol. The molecule has 0 bridgehead atoms. The van der Waals surface area contributed by atoms with Gasteiger partial charge in [0, 0.05) is 6.54 Å². The van der Waals surface area contributed by atoms with E-state index in [1.165, 1.54) is 6.92 Å². The maximum atomic E-state index is 12.0. The molecule has 25 heavy (non-hydrogen) atoms. The highest BCUT2D eigenvalue weighted by molar-refractivity contribution is 5.91. The highest BCUT2D eigenvalue weighted by Crippen LogP contribution is 1.99. The number of nitrogens with two attached hydrogens (primary N) is 3. The lowest BCUT2D eigenvalue weighted by Gasteiger charge is -2.18. The SMILES string of the molecule is CC(N)C(=O)NCC(=O)NC(CCCN=C(N)N)C(=O)NCC(=O)O. The van der Waals surface area contributed by atoms with E-state index in [1.807, 2.05) is 0 Å². The normalized spacial score (nSPS) is 12.4. The van der Waals surface area contributed by atoms with Crippen molar-refractivity contribution < 1.29 is 24.3 Å². The number of aliphatic imine (C=N–C) groups is 1. The van der Waals surface area contributed by atoms with E-state index in [9.17, 15) is 19.2 Å². The molecule has 0 radical (unpaired) electrons. The molecule has 0 aromatic heterocycles. The van der Waals surface area contributed by atoms with E-state index in [0.29, 0.717) is 6.42 Å². The van der Waals surface area contributed by atoms with Gasteiger partial charge in [-0.3, -0.25) is 24.2 Å². The van der Waals surface area contributed by atoms with Crippen LogP contribution in [0.15, 0.2) is 4.99 Å². The minimum Gasteiger partial charge on any atom is -0.480 e. The number of amides is 3. The van der Waals surface area contributed by atoms with Gasteiger partial charge in [-0.25, -0.2) is 0 Å². The van der Waals surface area contributed by atoms with Crippen LogP contribution in [0.3, 0.4) is 0 Å². The summed E-state index contributed by atoms with van der Waals surface area (Å²) in [6.07, 6.45) is 0.546. The van der Waals surface area contributed by atoms with Crippen LogP contribution in [-0.4, -0.2) is 66.5 Å². The predicted octanol–water partition coefficient (Wildman–Crippen LogP) is -3.81. The van der Waals surface area contributed by atoms with Crippen molar-refractivity contribution in [1.82, 2.24) is 16.0 Å². The number of carboxylic acid groups (broad SMARTS) is 1. The van der Waals surface area contributed by atoms with Gasteiger partial charge in [-0.2, -0.15) is 0 Å². The summed E-state index contributed by atoms with van der Waals surface area (Å²) >= 11 is 0. The average Bonchev–Trinajstić information content (AvgIpc) is 2.52. The fourth-order valence-corrected chi connectivity index (χ4v) is 1.63. The van der Waals surface area contributed by atoms with Gasteiger partial charge in [0.15, 0.2) is 5.96 Å². The molecule has 142 valence electrons. The molecule has 0 aliphatic rings. The van der Waals surface area contributed by atoms with Gasteiger partial charge in [0.05, 0.1) is 12.6 Å². The van der Waals surface area contributed by atoms with Crippen molar-refractivity contribution in [2.75, 3.05) is 19.6 Å². The molecule has 0 fully saturated rings. The number of rotatable bonds is 11. The summed E-state index contributed by atoms with van der Waals surface area (Å²) in [5.41, 5.74) is 15.7. The molecule has 12 nitrogen and oxygen atoms in total. The molecule has 0 aromatic rings. The van der Waals surface area contributed by atoms with E-state index in [0.717, 1.165) is 0 Å². The van der Waals surface area contributed by atoms with Crippen molar-refractivity contribution >= 4 is 29.7 Å². The highest BCUT2D eigenvalue weighted by atomic mass is 16.4. The van der Waals surface area contributed by atoms with E-state index in [-0.39, 0.29) is 25.5 Å². The maximum absolute atomic E-state index is 12.0. The Morgan fingerprint density at radius 3 is 2.20 bits per heavy atom. The number of nitrogens with one attached hydrogen (secondary N) is 3. The van der Waals surface area contributed by atoms with Crippen LogP contribution in [0, 0.1) is 0 Å². The van der Waals surface area contributed by atoms with E-state index in [2.05, 4.69) is 20.9 Å². The van der Waals surface area contributed by atoms with E-state index in [1.54, 1.807) is 0 Å². The molecule has 0 spiro atoms. The Hall–Kier alpha value is -2.89. The first-order valence-corrected chi connectivity index (χ1v) is 7.51. The van der Waals surface area contributed by atoms with Crippen molar-refractivity contribution in [2.24, 2.45) is 22.2 Å². The Morgan fingerprint density at radius 2 is 1.68 bits per heavy atom. The second-order valence-electron chi connectivity index (χ2n) is 5.19. The van der Waals surface area contributed by atoms with E-state index >= 15 is 0 Å². The van der Waals surface area contributed by atoms with Crippen LogP contribution in [0.4, 0.5) is 0 Å². The van der Waals surface area contributed by atoms with Crippen LogP contribution in [0.5, 0.6) is 0 Å². The molecule has 2 atom stereocenters. The second kappa shape index (κ2) is 11.6. The molecular weight excluding hydrogens is 334 g/mol. The summed E-state index contributed by atoms with van der Waals surface area (Å²) in [5, 5.41) is 15.5. The Bertz CT molecular complexity index is 517. The minimum atomic E-state index is -1.22. The first kappa shape index (κ1) is 22.1. The Morgan fingerprint density at radius 1 is 1.08 bits per heavy atom. The lowest BCUT2D eigenvalue weighted by atomic mass is 10.1. The van der Waals surface area contributed by atoms with Crippen molar-refractivity contribution in [3.8, 4) is 0 Å². The molecule has 0 saturated heterocycles. The number of hydrogen-bond acceptors (Lipinski definition) is 6. The third-order valence-electron chi connectivity index (χ3n) is 2.85. The third-order valence-corrected chi connectivity index (χ3v) is 2.85. The summed E-state index contributed by atoms with van der Waals surface area (Å²) in [7, 11) is 0. The van der Waals surface area contributed by atoms with Gasteiger partial charge in [0.1, 0.15) is 12.6 Å². The highest BCUT2D eigenvalue weighted by Gasteiger charge is 2.21. The van der Waals surface area contributed by atoms with Crippen molar-refractivity contribution in [3.63, 3.8) is 0 Å². The van der Waals surface area contributed by atoms with Gasteiger partial charge in [0.25, 0.3) is 0 Å². The lowest BCUT2D eigenvalue weighted by molar-refractivity contribution is -0.138. The molecule has 10 N–H and O–H groups in total. The topological polar surface area (TPSA) is 215 Å². The second-order valence-corrected chi connectivity index (χ2v) is 5.19. The monoisotopic (exact) mass is 359 g/mol. The summed E-state index contributed by atoms with van der Waals surface area (Å²) in [4.78, 5) is 49.4. The van der Waals surface area contributed by atoms with E-state index in [4.69, 9.17) is 22.3 Å². The smallest absolute Gasteiger partial charge is 0.322 e. The van der Waals surface area contributed by atoms with Crippen LogP contribution in [-0.2, 0) is 19.2 Å². The van der Waals surface area contributed by atoms with Crippen LogP contribution >= 0.6 is 0 Å². The molecule has 3 amide bonds. The Kier molecular flexibility index (Phi) is 10.3. The standard InChI is InChI=1S/C13H25N7O5/c1-7(14)11(24)18-5-9(21)20-8(3-2-4-17-13(15)16)12(25)19-6-10(22)23/h7-8H,2-6,14H2,1H3,(H,18,24)(H,19,25)(H,20,21)(H,22,23)(H4,15,16,17). The molecule has 0 aliphatic heterocycles. The molecule has 0 saturated carbocycles. The summed E-state index contributed by atoms with van der Waals surface area (Å²) in [5.74, 6) is -3.13. The fraction of sp³-hybridized carbons (Fsp3) is 0.615. The van der Waals surface area contributed by atoms with E-state index < -0.39 is 42.3 Å². The van der Waals surface area contributed by atoms with Gasteiger partial charge in [-0.05, 0) is 19.8 Å². The molecule has 0 aromatic carbocycles. The fourth-order valence-electron chi connectivity index (χ4n) is 1.63. The van der Waals surface area contributed by atoms with Crippen molar-refractivity contribution in [2.45, 2.75) is 31.8 Å². The predicted molar refractivity (Wildman–Crippen MR) is 89.1 cm³/mol. The van der Waals surface area contributed by atoms with Gasteiger partial charge in [0.2, 0.25) is 17.7 Å². The number of nitrogens with zero attached hydrogens (tertiary/aromatic N) is 1. The molecule has 0 heterocycles. The van der Waals surface area contributed by atoms with Crippen LogP contribution in [0.25, 0.3) is 0 Å². The van der Waals surface area contributed by atoms with Crippen molar-refractivity contribution in [1.29, 1.82) is 0 Å². The molecule has 0 aliphatic carbocycles. The number of hydrogen-bond donors (Lipinski definition) is 7. The minimum absolute atomic E-state index is 0.102. The van der Waals surface area contributed by atoms with Gasteiger partial charge >= 0.3 is 5.97 Å². The molecule has 12 heteroatoms. The number of guanidine groups is 1. The summed E-state index contributed by atoms with van der Waals surface area (Å²) < 4.78 is 0. The first-order valence-electron chi connectivity index (χ1n) is 7.51. The van der Waals surface area contributed by atoms with Crippen LogP contribution in [0.1, 0.15) is 19.8 Å². The Labute approximate surface area is 144 Å². The third kappa shape index (κ3) is 11.3. The Balaban J connectivity index is 4.61. The zero-order chi connectivity index (χ0) is 19.4. The number of carbonyl (C=O) groups excluding carboxylic acids is 3. The zero-order valence-corrected chi connectivity index (χ0v) is 13.9. The lowest BCUT2D eigenvalue weighted by Crippen LogP contribution is -2.51. The van der Waals surface area contributed by atoms with Crippen LogP contribution < -0.4 is 33.2 Å². The summed E-state index contributed by atoms with van der Waals surface area (Å²) in [6.45, 7) is 0.749. The first-order chi connectivity index (χ1) is 11.6. The molecule has 0 rings (SSSR count). The van der Waals surface area contributed by atoms with Crippen LogP contribution in [0.2, 0.25) is 0 Å². The number of carbonyl (C=O) groups is 4. The van der Waals surface area contributed by atoms with Gasteiger partial charge < -0.3 is 38.3 Å². The maximum Gasteiger partial charge on any atom is 0.322 e. The molecule has 2 unspecified atom stereocenters. The van der Waals surface area contributed by atoms with Gasteiger partial charge in [-0.1, -0.05) is 0 Å². The molecular formula is C13H25N7O5. The number of carboxylic acids is 1.